The van der Waals surface area contributed by atoms with Crippen molar-refractivity contribution in [3.8, 4) is 0 Å². The van der Waals surface area contributed by atoms with Gasteiger partial charge >= 0.3 is 9.28 Å². The Labute approximate surface area is 88.6 Å². The van der Waals surface area contributed by atoms with E-state index in [-0.39, 0.29) is 6.29 Å². The van der Waals surface area contributed by atoms with Gasteiger partial charge in [-0.15, -0.1) is 0 Å². The first-order valence-corrected chi connectivity index (χ1v) is 7.51. The second-order valence-corrected chi connectivity index (χ2v) is 5.65. The van der Waals surface area contributed by atoms with Gasteiger partial charge in [0, 0.05) is 13.2 Å². The third-order valence-corrected chi connectivity index (χ3v) is 4.41. The molecule has 0 aromatic rings. The van der Waals surface area contributed by atoms with Crippen molar-refractivity contribution in [2.24, 2.45) is 0 Å². The molecule has 3 nitrogen and oxygen atoms in total. The Balaban J connectivity index is 2.21. The summed E-state index contributed by atoms with van der Waals surface area (Å²) in [6.45, 7) is 5.78. The normalized spacial score (nSPS) is 24.9. The molecule has 1 fully saturated rings. The first kappa shape index (κ1) is 12.2. The minimum Gasteiger partial charge on any atom is -0.396 e. The second kappa shape index (κ2) is 7.40. The van der Waals surface area contributed by atoms with E-state index in [0.29, 0.717) is 0 Å². The summed E-state index contributed by atoms with van der Waals surface area (Å²) in [6, 6.07) is 1.15. The fraction of sp³-hybridized carbons (Fsp3) is 1.00. The zero-order chi connectivity index (χ0) is 10.2. The zero-order valence-corrected chi connectivity index (χ0v) is 10.5. The lowest BCUT2D eigenvalue weighted by atomic mass is 10.3. The largest absolute Gasteiger partial charge is 0.396 e. The van der Waals surface area contributed by atoms with Crippen LogP contribution in [0.15, 0.2) is 0 Å². The van der Waals surface area contributed by atoms with Gasteiger partial charge < -0.3 is 13.6 Å². The van der Waals surface area contributed by atoms with E-state index in [1.807, 2.05) is 6.92 Å². The Kier molecular flexibility index (Phi) is 6.43. The maximum Gasteiger partial charge on any atom is 0.323 e. The standard InChI is InChI=1S/C10H22O3Si/c1-3-7-10(11-4-2)13-14-9-6-5-8-12-14/h10,14H,3-9H2,1-2H3. The molecular formula is C10H22O3Si. The molecule has 0 aliphatic carbocycles. The van der Waals surface area contributed by atoms with E-state index in [1.54, 1.807) is 0 Å². The summed E-state index contributed by atoms with van der Waals surface area (Å²) in [6.07, 6.45) is 4.54. The molecule has 1 aliphatic heterocycles. The summed E-state index contributed by atoms with van der Waals surface area (Å²) in [5.74, 6) is 0. The fourth-order valence-electron chi connectivity index (χ4n) is 1.60. The summed E-state index contributed by atoms with van der Waals surface area (Å²) in [5, 5.41) is 0. The molecule has 2 atom stereocenters. The van der Waals surface area contributed by atoms with Crippen molar-refractivity contribution in [1.82, 2.24) is 0 Å². The molecule has 0 amide bonds. The Bertz CT molecular complexity index is 131. The predicted molar refractivity (Wildman–Crippen MR) is 58.5 cm³/mol. The molecule has 1 heterocycles. The average Bonchev–Trinajstić information content (AvgIpc) is 2.20. The number of hydrogen-bond donors (Lipinski definition) is 0. The maximum atomic E-state index is 5.87. The third kappa shape index (κ3) is 4.55. The summed E-state index contributed by atoms with van der Waals surface area (Å²) in [7, 11) is -1.37. The van der Waals surface area contributed by atoms with E-state index in [9.17, 15) is 0 Å². The zero-order valence-electron chi connectivity index (χ0n) is 9.33. The van der Waals surface area contributed by atoms with E-state index in [0.717, 1.165) is 32.1 Å². The molecule has 0 saturated carbocycles. The van der Waals surface area contributed by atoms with Gasteiger partial charge in [-0.25, -0.2) is 0 Å². The molecule has 1 aliphatic rings. The van der Waals surface area contributed by atoms with Gasteiger partial charge in [-0.1, -0.05) is 13.3 Å². The van der Waals surface area contributed by atoms with Crippen molar-refractivity contribution >= 4 is 9.28 Å². The molecule has 4 heteroatoms. The highest BCUT2D eigenvalue weighted by Crippen LogP contribution is 2.15. The van der Waals surface area contributed by atoms with Crippen LogP contribution in [-0.4, -0.2) is 28.8 Å². The smallest absolute Gasteiger partial charge is 0.323 e. The number of hydrogen-bond acceptors (Lipinski definition) is 3. The van der Waals surface area contributed by atoms with Crippen molar-refractivity contribution in [3.05, 3.63) is 0 Å². The van der Waals surface area contributed by atoms with Crippen LogP contribution in [-0.2, 0) is 13.6 Å². The van der Waals surface area contributed by atoms with Crippen LogP contribution in [0, 0.1) is 0 Å². The number of ether oxygens (including phenoxy) is 1. The lowest BCUT2D eigenvalue weighted by Gasteiger charge is -2.26. The van der Waals surface area contributed by atoms with Crippen LogP contribution in [0.1, 0.15) is 39.5 Å². The highest BCUT2D eigenvalue weighted by atomic mass is 28.3. The summed E-state index contributed by atoms with van der Waals surface area (Å²) in [4.78, 5) is 0. The van der Waals surface area contributed by atoms with Crippen LogP contribution in [0.3, 0.4) is 0 Å². The second-order valence-electron chi connectivity index (χ2n) is 3.61. The minimum absolute atomic E-state index is 0.0141. The molecule has 0 bridgehead atoms. The highest BCUT2D eigenvalue weighted by Gasteiger charge is 2.21. The van der Waals surface area contributed by atoms with Crippen LogP contribution in [0.25, 0.3) is 0 Å². The Morgan fingerprint density at radius 1 is 1.36 bits per heavy atom. The van der Waals surface area contributed by atoms with Gasteiger partial charge in [0.05, 0.1) is 0 Å². The molecule has 0 aromatic carbocycles. The van der Waals surface area contributed by atoms with Gasteiger partial charge in [-0.3, -0.25) is 0 Å². The lowest BCUT2D eigenvalue weighted by Crippen LogP contribution is -2.33. The predicted octanol–water partition coefficient (Wildman–Crippen LogP) is 2.20. The first-order chi connectivity index (χ1) is 6.86. The van der Waals surface area contributed by atoms with Crippen LogP contribution < -0.4 is 0 Å². The first-order valence-electron chi connectivity index (χ1n) is 5.75. The van der Waals surface area contributed by atoms with Crippen molar-refractivity contribution in [3.63, 3.8) is 0 Å². The van der Waals surface area contributed by atoms with Crippen molar-refractivity contribution in [2.45, 2.75) is 51.9 Å². The van der Waals surface area contributed by atoms with Gasteiger partial charge in [0.1, 0.15) is 6.29 Å². The topological polar surface area (TPSA) is 27.7 Å². The molecule has 0 spiro atoms. The molecule has 0 aromatic heterocycles. The minimum atomic E-state index is -1.37. The van der Waals surface area contributed by atoms with Crippen LogP contribution in [0.5, 0.6) is 0 Å². The van der Waals surface area contributed by atoms with Crippen molar-refractivity contribution in [2.75, 3.05) is 13.2 Å². The summed E-state index contributed by atoms with van der Waals surface area (Å²) in [5.41, 5.74) is 0. The van der Waals surface area contributed by atoms with E-state index in [2.05, 4.69) is 6.92 Å². The average molecular weight is 218 g/mol. The molecule has 1 rings (SSSR count). The van der Waals surface area contributed by atoms with E-state index in [1.165, 1.54) is 12.8 Å². The van der Waals surface area contributed by atoms with Gasteiger partial charge in [0.2, 0.25) is 0 Å². The van der Waals surface area contributed by atoms with Gasteiger partial charge in [-0.2, -0.15) is 0 Å². The van der Waals surface area contributed by atoms with Gasteiger partial charge in [0.25, 0.3) is 0 Å². The van der Waals surface area contributed by atoms with Crippen LogP contribution in [0.2, 0.25) is 6.04 Å². The molecule has 2 unspecified atom stereocenters. The highest BCUT2D eigenvalue weighted by molar-refractivity contribution is 6.44. The van der Waals surface area contributed by atoms with E-state index < -0.39 is 9.28 Å². The fourth-order valence-corrected chi connectivity index (χ4v) is 3.59. The Morgan fingerprint density at radius 3 is 2.79 bits per heavy atom. The van der Waals surface area contributed by atoms with E-state index >= 15 is 0 Å². The number of rotatable bonds is 6. The Hall–Kier alpha value is 0.0969. The summed E-state index contributed by atoms with van der Waals surface area (Å²) < 4.78 is 17.0. The molecule has 1 saturated heterocycles. The molecular weight excluding hydrogens is 196 g/mol. The lowest BCUT2D eigenvalue weighted by molar-refractivity contribution is -0.0950. The quantitative estimate of drug-likeness (QED) is 0.505. The van der Waals surface area contributed by atoms with Gasteiger partial charge in [-0.05, 0) is 32.2 Å². The van der Waals surface area contributed by atoms with E-state index in [4.69, 9.17) is 13.6 Å². The molecule has 0 radical (unpaired) electrons. The van der Waals surface area contributed by atoms with Crippen LogP contribution in [0.4, 0.5) is 0 Å². The SMILES string of the molecule is CCCC(OCC)O[SiH]1CCCCO1. The molecule has 14 heavy (non-hydrogen) atoms. The Morgan fingerprint density at radius 2 is 2.21 bits per heavy atom. The summed E-state index contributed by atoms with van der Waals surface area (Å²) >= 11 is 0. The van der Waals surface area contributed by atoms with Gasteiger partial charge in [0.15, 0.2) is 0 Å². The van der Waals surface area contributed by atoms with Crippen molar-refractivity contribution < 1.29 is 13.6 Å². The maximum absolute atomic E-state index is 5.87. The van der Waals surface area contributed by atoms with Crippen LogP contribution >= 0.6 is 0 Å². The monoisotopic (exact) mass is 218 g/mol. The van der Waals surface area contributed by atoms with Crippen molar-refractivity contribution in [1.29, 1.82) is 0 Å². The molecule has 0 N–H and O–H groups in total. The molecule has 84 valence electrons. The third-order valence-electron chi connectivity index (χ3n) is 2.32.